The van der Waals surface area contributed by atoms with E-state index in [1.807, 2.05) is 213 Å². The van der Waals surface area contributed by atoms with E-state index >= 15 is 0 Å². The number of aromatic nitrogens is 9. The highest BCUT2D eigenvalue weighted by Gasteiger charge is 2.19. The van der Waals surface area contributed by atoms with Gasteiger partial charge in [0.15, 0.2) is 11.4 Å². The number of benzene rings is 4. The van der Waals surface area contributed by atoms with E-state index in [2.05, 4.69) is 41.5 Å². The Kier molecular flexibility index (Phi) is 21.1. The second-order valence-corrected chi connectivity index (χ2v) is 23.4. The number of aliphatic hydroxyl groups excluding tert-OH is 2. The van der Waals surface area contributed by atoms with Crippen LogP contribution in [0.1, 0.15) is 76.0 Å². The molecule has 3 amide bonds. The van der Waals surface area contributed by atoms with Gasteiger partial charge in [-0.2, -0.15) is 0 Å². The lowest BCUT2D eigenvalue weighted by atomic mass is 10.1. The molecular weight excluding hydrogens is 1230 g/mol. The number of anilines is 3. The fraction of sp³-hybridized carbons (Fsp3) is 0.160. The van der Waals surface area contributed by atoms with E-state index in [4.69, 9.17) is 41.5 Å². The molecule has 0 aliphatic carbocycles. The summed E-state index contributed by atoms with van der Waals surface area (Å²) in [6, 6.07) is 47.5. The SMILES string of the molecule is Cc1cnc(C(=O)Nc2ccc(-c3cn4cccc(C)c4n3)cc2)c(CNCCO)c1.Cc1cnc(C(=O)Nc2ccc(-c3cn4cccc(C)c4n3)cc2)c(CNCCO)c1.Cc1cnc(C(=O)Nc2ccc(-c3cn4cccc(C)c4n3)cc2)c(Oc2ccc(Cl)cc2)c1. The van der Waals surface area contributed by atoms with Gasteiger partial charge in [0.05, 0.1) is 30.3 Å². The maximum absolute atomic E-state index is 13.0. The Hall–Kier alpha value is -11.3. The molecule has 7 N–H and O–H groups in total. The van der Waals surface area contributed by atoms with Crippen molar-refractivity contribution in [1.82, 2.24) is 53.7 Å². The third-order valence-corrected chi connectivity index (χ3v) is 15.7. The van der Waals surface area contributed by atoms with Crippen molar-refractivity contribution < 1.29 is 29.3 Å². The molecule has 96 heavy (non-hydrogen) atoms. The summed E-state index contributed by atoms with van der Waals surface area (Å²) in [5.74, 6) is 0.0447. The lowest BCUT2D eigenvalue weighted by Crippen LogP contribution is -2.22. The lowest BCUT2D eigenvalue weighted by molar-refractivity contribution is 0.101. The molecule has 0 saturated carbocycles. The first kappa shape index (κ1) is 66.2. The summed E-state index contributed by atoms with van der Waals surface area (Å²) in [7, 11) is 0. The standard InChI is InChI=1S/C27H21ClN4O2.2C24H25N5O2/c1-17-14-24(34-22-11-7-20(28)8-12-22)25(29-15-17)27(33)30-21-9-5-19(6-10-21)23-16-32-13-3-4-18(2)26(32)31-23;2*1-16-12-19(14-25-9-11-30)22(26-13-16)24(31)27-20-7-5-18(6-8-20)21-15-29-10-3-4-17(2)23(29)28-21/h3-16H,1-2H3,(H,30,33);2*3-8,10,12-13,15,25,30H,9,11,14H2,1-2H3,(H,27,31). The highest BCUT2D eigenvalue weighted by Crippen LogP contribution is 2.30. The van der Waals surface area contributed by atoms with Crippen molar-refractivity contribution in [3.63, 3.8) is 0 Å². The molecule has 0 unspecified atom stereocenters. The van der Waals surface area contributed by atoms with Crippen LogP contribution in [0.3, 0.4) is 0 Å². The predicted octanol–water partition coefficient (Wildman–Crippen LogP) is 13.4. The number of carbonyl (C=O) groups excluding carboxylic acids is 3. The minimum absolute atomic E-state index is 0.0407. The van der Waals surface area contributed by atoms with Crippen molar-refractivity contribution in [3.05, 3.63) is 274 Å². The van der Waals surface area contributed by atoms with E-state index in [0.717, 1.165) is 95.2 Å². The molecule has 13 aromatic rings. The maximum Gasteiger partial charge on any atom is 0.278 e. The number of nitrogens with zero attached hydrogens (tertiary/aromatic N) is 9. The summed E-state index contributed by atoms with van der Waals surface area (Å²) in [4.78, 5) is 65.8. The number of halogens is 1. The number of imidazole rings is 3. The second-order valence-electron chi connectivity index (χ2n) is 23.0. The topological polar surface area (TPSA) is 252 Å². The summed E-state index contributed by atoms with van der Waals surface area (Å²) in [5, 5.41) is 33.5. The van der Waals surface area contributed by atoms with Crippen LogP contribution in [0.5, 0.6) is 11.5 Å². The van der Waals surface area contributed by atoms with Gasteiger partial charge in [0, 0.05) is 121 Å². The number of pyridine rings is 6. The van der Waals surface area contributed by atoms with Crippen LogP contribution in [0.2, 0.25) is 5.02 Å². The lowest BCUT2D eigenvalue weighted by Gasteiger charge is -2.12. The van der Waals surface area contributed by atoms with Gasteiger partial charge in [-0.05, 0) is 171 Å². The van der Waals surface area contributed by atoms with Crippen LogP contribution in [0, 0.1) is 41.5 Å². The monoisotopic (exact) mass is 1300 g/mol. The maximum atomic E-state index is 13.0. The molecule has 0 fully saturated rings. The molecule has 0 spiro atoms. The van der Waals surface area contributed by atoms with Gasteiger partial charge in [-0.1, -0.05) is 78.3 Å². The Morgan fingerprint density at radius 1 is 0.448 bits per heavy atom. The van der Waals surface area contributed by atoms with Crippen LogP contribution in [0.15, 0.2) is 207 Å². The molecule has 0 radical (unpaired) electrons. The number of carbonyl (C=O) groups is 3. The molecule has 484 valence electrons. The van der Waals surface area contributed by atoms with Crippen molar-refractivity contribution in [2.45, 2.75) is 54.6 Å². The van der Waals surface area contributed by atoms with Crippen LogP contribution < -0.4 is 31.3 Å². The number of hydrogen-bond donors (Lipinski definition) is 7. The molecule has 20 nitrogen and oxygen atoms in total. The average molecular weight is 1300 g/mol. The van der Waals surface area contributed by atoms with Crippen LogP contribution >= 0.6 is 11.6 Å². The predicted molar refractivity (Wildman–Crippen MR) is 376 cm³/mol. The fourth-order valence-corrected chi connectivity index (χ4v) is 10.7. The zero-order chi connectivity index (χ0) is 67.2. The molecule has 13 rings (SSSR count). The number of amides is 3. The van der Waals surface area contributed by atoms with Crippen LogP contribution in [-0.2, 0) is 13.1 Å². The molecule has 4 aromatic carbocycles. The molecule has 21 heteroatoms. The molecule has 9 aromatic heterocycles. The number of aryl methyl sites for hydroxylation is 6. The first-order valence-electron chi connectivity index (χ1n) is 31.1. The summed E-state index contributed by atoms with van der Waals surface area (Å²) in [5.41, 5.74) is 19.1. The number of rotatable bonds is 19. The van der Waals surface area contributed by atoms with E-state index < -0.39 is 0 Å². The van der Waals surface area contributed by atoms with E-state index in [9.17, 15) is 14.4 Å². The van der Waals surface area contributed by atoms with Gasteiger partial charge in [-0.15, -0.1) is 0 Å². The molecule has 0 aliphatic rings. The number of ether oxygens (including phenoxy) is 1. The van der Waals surface area contributed by atoms with Crippen molar-refractivity contribution in [3.8, 4) is 45.3 Å². The summed E-state index contributed by atoms with van der Waals surface area (Å²) < 4.78 is 12.0. The Labute approximate surface area is 559 Å². The van der Waals surface area contributed by atoms with Gasteiger partial charge in [0.1, 0.15) is 34.1 Å². The normalized spacial score (nSPS) is 11.0. The molecule has 0 aliphatic heterocycles. The second kappa shape index (κ2) is 30.7. The Morgan fingerprint density at radius 3 is 1.15 bits per heavy atom. The molecule has 0 atom stereocenters. The molecule has 0 bridgehead atoms. The van der Waals surface area contributed by atoms with Crippen molar-refractivity contribution >= 4 is 63.3 Å². The van der Waals surface area contributed by atoms with Gasteiger partial charge in [-0.25, -0.2) is 19.9 Å². The van der Waals surface area contributed by atoms with E-state index in [-0.39, 0.29) is 36.6 Å². The number of hydrogen-bond acceptors (Lipinski definition) is 14. The van der Waals surface area contributed by atoms with Crippen LogP contribution in [0.25, 0.3) is 50.7 Å². The summed E-state index contributed by atoms with van der Waals surface area (Å²) in [6.45, 7) is 13.8. The summed E-state index contributed by atoms with van der Waals surface area (Å²) >= 11 is 5.95. The highest BCUT2D eigenvalue weighted by molar-refractivity contribution is 6.30. The largest absolute Gasteiger partial charge is 0.455 e. The zero-order valence-electron chi connectivity index (χ0n) is 53.8. The molecule has 9 heterocycles. The van der Waals surface area contributed by atoms with Crippen LogP contribution in [-0.4, -0.2) is 97.3 Å². The van der Waals surface area contributed by atoms with Gasteiger partial charge < -0.3 is 54.7 Å². The molecule has 0 saturated heterocycles. The number of aliphatic hydroxyl groups is 2. The summed E-state index contributed by atoms with van der Waals surface area (Å²) in [6.07, 6.45) is 16.9. The first-order chi connectivity index (χ1) is 46.5. The van der Waals surface area contributed by atoms with E-state index in [1.165, 1.54) is 0 Å². The Bertz CT molecular complexity index is 4700. The van der Waals surface area contributed by atoms with E-state index in [1.54, 1.807) is 48.9 Å². The number of nitrogens with one attached hydrogen (secondary N) is 5. The van der Waals surface area contributed by atoms with Gasteiger partial charge >= 0.3 is 0 Å². The minimum Gasteiger partial charge on any atom is -0.455 e. The van der Waals surface area contributed by atoms with Crippen molar-refractivity contribution in [2.75, 3.05) is 42.3 Å². The third kappa shape index (κ3) is 16.4. The highest BCUT2D eigenvalue weighted by atomic mass is 35.5. The zero-order valence-corrected chi connectivity index (χ0v) is 54.6. The van der Waals surface area contributed by atoms with Crippen molar-refractivity contribution in [2.24, 2.45) is 0 Å². The van der Waals surface area contributed by atoms with Gasteiger partial charge in [-0.3, -0.25) is 24.4 Å². The first-order valence-corrected chi connectivity index (χ1v) is 31.5. The smallest absolute Gasteiger partial charge is 0.278 e. The average Bonchev–Trinajstić information content (AvgIpc) is 1.77. The molecular formula is C75H71ClN14O6. The van der Waals surface area contributed by atoms with Gasteiger partial charge in [0.25, 0.3) is 17.7 Å². The van der Waals surface area contributed by atoms with Gasteiger partial charge in [0.2, 0.25) is 0 Å². The Balaban J connectivity index is 0.000000147. The van der Waals surface area contributed by atoms with Crippen molar-refractivity contribution in [1.29, 1.82) is 0 Å². The Morgan fingerprint density at radius 2 is 0.792 bits per heavy atom. The minimum atomic E-state index is -0.361. The van der Waals surface area contributed by atoms with E-state index in [0.29, 0.717) is 71.2 Å². The fourth-order valence-electron chi connectivity index (χ4n) is 10.6. The third-order valence-electron chi connectivity index (χ3n) is 15.4. The van der Waals surface area contributed by atoms with Crippen LogP contribution in [0.4, 0.5) is 17.1 Å². The quantitative estimate of drug-likeness (QED) is 0.0372. The number of fused-ring (bicyclic) bond motifs is 3.